The molecular weight excluding hydrogens is 287 g/mol. The zero-order valence-electron chi connectivity index (χ0n) is 9.37. The van der Waals surface area contributed by atoms with Crippen LogP contribution in [0, 0.1) is 0 Å². The lowest BCUT2D eigenvalue weighted by Crippen LogP contribution is -2.18. The summed E-state index contributed by atoms with van der Waals surface area (Å²) in [5.41, 5.74) is 10.2. The van der Waals surface area contributed by atoms with Crippen molar-refractivity contribution in [3.05, 3.63) is 23.8 Å². The Morgan fingerprint density at radius 2 is 2.00 bits per heavy atom. The molecule has 0 radical (unpaired) electrons. The summed E-state index contributed by atoms with van der Waals surface area (Å²) in [6.07, 6.45) is -4.85. The van der Waals surface area contributed by atoms with Crippen LogP contribution in [0.2, 0.25) is 0 Å². The lowest BCUT2D eigenvalue weighted by atomic mass is 10.1. The molecular formula is C10H9ClF3N3O2. The van der Waals surface area contributed by atoms with Crippen LogP contribution >= 0.6 is 11.6 Å². The van der Waals surface area contributed by atoms with E-state index in [-0.39, 0.29) is 23.0 Å². The van der Waals surface area contributed by atoms with Gasteiger partial charge in [-0.1, -0.05) is 0 Å². The van der Waals surface area contributed by atoms with Crippen LogP contribution in [0.4, 0.5) is 18.9 Å². The van der Waals surface area contributed by atoms with Gasteiger partial charge in [0.2, 0.25) is 0 Å². The molecule has 0 aliphatic carbocycles. The van der Waals surface area contributed by atoms with E-state index in [9.17, 15) is 18.0 Å². The number of primary amides is 1. The molecule has 0 unspecified atom stereocenters. The van der Waals surface area contributed by atoms with Crippen LogP contribution in [-0.2, 0) is 0 Å². The maximum Gasteiger partial charge on any atom is 0.573 e. The van der Waals surface area contributed by atoms with Gasteiger partial charge in [0, 0.05) is 6.07 Å². The molecule has 19 heavy (non-hydrogen) atoms. The molecule has 104 valence electrons. The highest BCUT2D eigenvalue weighted by Crippen LogP contribution is 2.29. The molecule has 9 heteroatoms. The van der Waals surface area contributed by atoms with Crippen LogP contribution in [0.1, 0.15) is 10.4 Å². The second-order valence-corrected chi connectivity index (χ2v) is 3.60. The summed E-state index contributed by atoms with van der Waals surface area (Å²) in [5.74, 6) is -1.63. The van der Waals surface area contributed by atoms with Crippen molar-refractivity contribution in [2.75, 3.05) is 5.88 Å². The predicted octanol–water partition coefficient (Wildman–Crippen LogP) is 1.91. The first-order chi connectivity index (χ1) is 8.73. The van der Waals surface area contributed by atoms with Gasteiger partial charge >= 0.3 is 6.36 Å². The molecule has 4 N–H and O–H groups in total. The van der Waals surface area contributed by atoms with E-state index < -0.39 is 18.0 Å². The molecule has 0 saturated heterocycles. The smallest absolute Gasteiger partial charge is 0.406 e. The summed E-state index contributed by atoms with van der Waals surface area (Å²) >= 11 is 5.40. The van der Waals surface area contributed by atoms with Crippen LogP contribution in [0.25, 0.3) is 0 Å². The van der Waals surface area contributed by atoms with E-state index in [2.05, 4.69) is 9.73 Å². The zero-order valence-corrected chi connectivity index (χ0v) is 10.1. The summed E-state index contributed by atoms with van der Waals surface area (Å²) in [5, 5.41) is 0. The van der Waals surface area contributed by atoms with Crippen LogP contribution in [0.15, 0.2) is 23.2 Å². The average molecular weight is 296 g/mol. The molecule has 0 saturated carbocycles. The van der Waals surface area contributed by atoms with E-state index in [1.807, 2.05) is 0 Å². The molecule has 0 aliphatic heterocycles. The second-order valence-electron chi connectivity index (χ2n) is 3.33. The number of benzene rings is 1. The van der Waals surface area contributed by atoms with Crippen molar-refractivity contribution in [3.8, 4) is 5.75 Å². The summed E-state index contributed by atoms with van der Waals surface area (Å²) in [6, 6.07) is 2.90. The zero-order chi connectivity index (χ0) is 14.6. The number of alkyl halides is 4. The minimum atomic E-state index is -4.85. The molecule has 0 fully saturated rings. The number of hydrogen-bond acceptors (Lipinski definition) is 3. The Morgan fingerprint density at radius 3 is 2.47 bits per heavy atom. The Morgan fingerprint density at radius 1 is 1.37 bits per heavy atom. The molecule has 0 aliphatic rings. The summed E-state index contributed by atoms with van der Waals surface area (Å²) in [6.45, 7) is 0. The molecule has 1 aromatic carbocycles. The van der Waals surface area contributed by atoms with Crippen molar-refractivity contribution in [2.45, 2.75) is 6.36 Å². The third kappa shape index (κ3) is 4.66. The van der Waals surface area contributed by atoms with Gasteiger partial charge in [-0.3, -0.25) is 4.79 Å². The Bertz CT molecular complexity index is 517. The second kappa shape index (κ2) is 5.79. The van der Waals surface area contributed by atoms with Gasteiger partial charge in [-0.05, 0) is 12.1 Å². The number of nitrogens with two attached hydrogens (primary N) is 2. The standard InChI is InChI=1S/C10H9ClF3N3O2/c11-4-8(15)17-7-3-5(19-10(12,13)14)1-2-6(7)9(16)18/h1-3H,4H2,(H2,15,17)(H2,16,18). The van der Waals surface area contributed by atoms with Crippen molar-refractivity contribution in [2.24, 2.45) is 16.5 Å². The summed E-state index contributed by atoms with van der Waals surface area (Å²) in [4.78, 5) is 14.8. The molecule has 0 spiro atoms. The van der Waals surface area contributed by atoms with Gasteiger partial charge in [-0.25, -0.2) is 4.99 Å². The molecule has 1 amide bonds. The van der Waals surface area contributed by atoms with E-state index in [0.29, 0.717) is 0 Å². The topological polar surface area (TPSA) is 90.7 Å². The molecule has 1 rings (SSSR count). The number of carbonyl (C=O) groups is 1. The van der Waals surface area contributed by atoms with Gasteiger partial charge in [0.1, 0.15) is 11.6 Å². The van der Waals surface area contributed by atoms with Crippen molar-refractivity contribution < 1.29 is 22.7 Å². The normalized spacial score (nSPS) is 12.3. The largest absolute Gasteiger partial charge is 0.573 e. The first-order valence-electron chi connectivity index (χ1n) is 4.81. The highest BCUT2D eigenvalue weighted by atomic mass is 35.5. The SMILES string of the molecule is NC(=O)c1ccc(OC(F)(F)F)cc1N=C(N)CCl. The molecule has 0 aromatic heterocycles. The van der Waals surface area contributed by atoms with Crippen molar-refractivity contribution in [1.82, 2.24) is 0 Å². The van der Waals surface area contributed by atoms with E-state index >= 15 is 0 Å². The fraction of sp³-hybridized carbons (Fsp3) is 0.200. The van der Waals surface area contributed by atoms with Crippen molar-refractivity contribution >= 4 is 29.0 Å². The Labute approximate surface area is 111 Å². The molecule has 1 aromatic rings. The lowest BCUT2D eigenvalue weighted by Gasteiger charge is -2.10. The molecule has 0 atom stereocenters. The summed E-state index contributed by atoms with van der Waals surface area (Å²) in [7, 11) is 0. The van der Waals surface area contributed by atoms with E-state index in [1.165, 1.54) is 0 Å². The van der Waals surface area contributed by atoms with Gasteiger partial charge in [-0.2, -0.15) is 0 Å². The van der Waals surface area contributed by atoms with E-state index in [1.54, 1.807) is 0 Å². The van der Waals surface area contributed by atoms with Gasteiger partial charge in [0.05, 0.1) is 17.1 Å². The maximum atomic E-state index is 12.1. The molecule has 0 bridgehead atoms. The Hall–Kier alpha value is -1.96. The number of carbonyl (C=O) groups excluding carboxylic acids is 1. The van der Waals surface area contributed by atoms with Gasteiger partial charge in [-0.15, -0.1) is 24.8 Å². The first-order valence-corrected chi connectivity index (χ1v) is 5.35. The fourth-order valence-corrected chi connectivity index (χ4v) is 1.25. The molecule has 5 nitrogen and oxygen atoms in total. The van der Waals surface area contributed by atoms with Crippen LogP contribution in [0.5, 0.6) is 5.75 Å². The number of rotatable bonds is 4. The number of amidine groups is 1. The van der Waals surface area contributed by atoms with Crippen molar-refractivity contribution in [3.63, 3.8) is 0 Å². The third-order valence-corrected chi connectivity index (χ3v) is 2.14. The summed E-state index contributed by atoms with van der Waals surface area (Å²) < 4.78 is 39.9. The van der Waals surface area contributed by atoms with Gasteiger partial charge in [0.15, 0.2) is 0 Å². The Kier molecular flexibility index (Phi) is 4.60. The van der Waals surface area contributed by atoms with Crippen molar-refractivity contribution in [1.29, 1.82) is 0 Å². The minimum absolute atomic E-state index is 0.0756. The Balaban J connectivity index is 3.22. The number of ether oxygens (including phenoxy) is 1. The van der Waals surface area contributed by atoms with Gasteiger partial charge in [0.25, 0.3) is 5.91 Å². The highest BCUT2D eigenvalue weighted by molar-refractivity contribution is 6.28. The number of nitrogens with zero attached hydrogens (tertiary/aromatic N) is 1. The van der Waals surface area contributed by atoms with Crippen LogP contribution in [0.3, 0.4) is 0 Å². The van der Waals surface area contributed by atoms with Crippen LogP contribution in [-0.4, -0.2) is 24.0 Å². The fourth-order valence-electron chi connectivity index (χ4n) is 1.19. The average Bonchev–Trinajstić information content (AvgIpc) is 2.26. The maximum absolute atomic E-state index is 12.1. The van der Waals surface area contributed by atoms with Crippen LogP contribution < -0.4 is 16.2 Å². The monoisotopic (exact) mass is 295 g/mol. The number of amides is 1. The highest BCUT2D eigenvalue weighted by Gasteiger charge is 2.31. The number of halogens is 4. The first kappa shape index (κ1) is 15.1. The minimum Gasteiger partial charge on any atom is -0.406 e. The number of hydrogen-bond donors (Lipinski definition) is 2. The van der Waals surface area contributed by atoms with E-state index in [0.717, 1.165) is 18.2 Å². The molecule has 0 heterocycles. The number of aliphatic imine (C=N–C) groups is 1. The predicted molar refractivity (Wildman–Crippen MR) is 63.6 cm³/mol. The van der Waals surface area contributed by atoms with E-state index in [4.69, 9.17) is 23.1 Å². The lowest BCUT2D eigenvalue weighted by molar-refractivity contribution is -0.274. The van der Waals surface area contributed by atoms with Gasteiger partial charge < -0.3 is 16.2 Å². The third-order valence-electron chi connectivity index (χ3n) is 1.87. The quantitative estimate of drug-likeness (QED) is 0.505.